The Bertz CT molecular complexity index is 1270. The second-order valence-corrected chi connectivity index (χ2v) is 13.2. The Labute approximate surface area is 267 Å². The van der Waals surface area contributed by atoms with Crippen molar-refractivity contribution in [1.82, 2.24) is 10.2 Å². The fourth-order valence-electron chi connectivity index (χ4n) is 7.01. The SMILES string of the molecule is C=CCCC(=O)NC[C@H](C)OC(=O)[C@@H]1[C@H]2O[C@@]3(CC2Br)[C@H](C(=O)N(CC=C)c2c(C)cccc2C)N(CCCCO)C(=O)[C@@H]13. The van der Waals surface area contributed by atoms with E-state index < -0.39 is 41.7 Å². The number of ether oxygens (including phenoxy) is 2. The minimum Gasteiger partial charge on any atom is -0.460 e. The van der Waals surface area contributed by atoms with Crippen LogP contribution in [0.1, 0.15) is 50.2 Å². The number of rotatable bonds is 15. The van der Waals surface area contributed by atoms with E-state index in [0.29, 0.717) is 32.1 Å². The minimum atomic E-state index is -1.24. The monoisotopic (exact) mass is 673 g/mol. The molecule has 1 aromatic carbocycles. The molecule has 3 aliphatic heterocycles. The Kier molecular flexibility index (Phi) is 11.1. The summed E-state index contributed by atoms with van der Waals surface area (Å²) in [5.41, 5.74) is 1.33. The van der Waals surface area contributed by atoms with Crippen molar-refractivity contribution >= 4 is 45.3 Å². The van der Waals surface area contributed by atoms with Crippen LogP contribution in [-0.2, 0) is 28.7 Å². The van der Waals surface area contributed by atoms with Gasteiger partial charge < -0.3 is 29.7 Å². The number of carbonyl (C=O) groups is 4. The highest BCUT2D eigenvalue weighted by molar-refractivity contribution is 9.09. The van der Waals surface area contributed by atoms with Gasteiger partial charge in [0, 0.05) is 36.6 Å². The molecule has 4 rings (SSSR count). The number of halogens is 1. The lowest BCUT2D eigenvalue weighted by atomic mass is 9.70. The topological polar surface area (TPSA) is 125 Å². The highest BCUT2D eigenvalue weighted by atomic mass is 79.9. The van der Waals surface area contributed by atoms with E-state index in [1.54, 1.807) is 28.9 Å². The first-order chi connectivity index (χ1) is 21.0. The number of hydrogen-bond donors (Lipinski definition) is 2. The number of esters is 1. The second kappa shape index (κ2) is 14.4. The number of fused-ring (bicyclic) bond motifs is 1. The standard InChI is InChI=1S/C33H44BrN3O7/c1-6-8-14-24(39)35-19-22(5)43-32(42)25-26-30(40)37(16-9-10-17-38)29(33(26)18-23(34)28(25)44-33)31(41)36(15-7-2)27-20(3)12-11-13-21(27)4/h6-7,11-13,22-23,25-26,28-29,38H,1-2,8-10,14-19H2,3-5H3,(H,35,39)/t22-,23?,25-,26+,28-,29-,33+/m0/s1. The van der Waals surface area contributed by atoms with Crippen molar-refractivity contribution < 1.29 is 33.8 Å². The molecule has 3 fully saturated rings. The zero-order valence-electron chi connectivity index (χ0n) is 25.8. The zero-order valence-corrected chi connectivity index (χ0v) is 27.4. The van der Waals surface area contributed by atoms with E-state index >= 15 is 0 Å². The van der Waals surface area contributed by atoms with Gasteiger partial charge in [-0.1, -0.05) is 46.3 Å². The molecule has 3 aliphatic rings. The molecule has 1 aromatic rings. The number of aliphatic hydroxyl groups is 1. The maximum absolute atomic E-state index is 14.7. The van der Waals surface area contributed by atoms with Gasteiger partial charge in [-0.15, -0.1) is 13.2 Å². The summed E-state index contributed by atoms with van der Waals surface area (Å²) in [6, 6.07) is 4.82. The highest BCUT2D eigenvalue weighted by Gasteiger charge is 2.77. The van der Waals surface area contributed by atoms with Crippen LogP contribution in [0.5, 0.6) is 0 Å². The van der Waals surface area contributed by atoms with Gasteiger partial charge in [-0.05, 0) is 57.6 Å². The summed E-state index contributed by atoms with van der Waals surface area (Å²) in [5, 5.41) is 12.2. The number of likely N-dealkylation sites (tertiary alicyclic amines) is 1. The summed E-state index contributed by atoms with van der Waals surface area (Å²) in [4.78, 5) is 57.7. The number of aryl methyl sites for hydroxylation is 2. The van der Waals surface area contributed by atoms with Gasteiger partial charge in [-0.2, -0.15) is 0 Å². The molecule has 1 unspecified atom stereocenters. The van der Waals surface area contributed by atoms with E-state index in [9.17, 15) is 24.3 Å². The number of aliphatic hydroxyl groups excluding tert-OH is 1. The smallest absolute Gasteiger partial charge is 0.312 e. The Balaban J connectivity index is 1.66. The number of nitrogens with one attached hydrogen (secondary N) is 1. The predicted molar refractivity (Wildman–Crippen MR) is 170 cm³/mol. The molecule has 240 valence electrons. The Hall–Kier alpha value is -3.02. The van der Waals surface area contributed by atoms with E-state index in [0.717, 1.165) is 16.8 Å². The molecule has 3 heterocycles. The lowest BCUT2D eigenvalue weighted by molar-refractivity contribution is -0.159. The molecule has 2 N–H and O–H groups in total. The van der Waals surface area contributed by atoms with Crippen molar-refractivity contribution in [1.29, 1.82) is 0 Å². The molecule has 11 heteroatoms. The van der Waals surface area contributed by atoms with Gasteiger partial charge in [0.15, 0.2) is 0 Å². The third-order valence-electron chi connectivity index (χ3n) is 8.87. The maximum atomic E-state index is 14.7. The molecule has 0 aromatic heterocycles. The second-order valence-electron chi connectivity index (χ2n) is 12.0. The van der Waals surface area contributed by atoms with Crippen LogP contribution in [0.15, 0.2) is 43.5 Å². The predicted octanol–water partition coefficient (Wildman–Crippen LogP) is 3.36. The Morgan fingerprint density at radius 1 is 1.25 bits per heavy atom. The van der Waals surface area contributed by atoms with Crippen LogP contribution in [0.2, 0.25) is 0 Å². The van der Waals surface area contributed by atoms with Crippen molar-refractivity contribution in [3.8, 4) is 0 Å². The number of hydrogen-bond acceptors (Lipinski definition) is 7. The fourth-order valence-corrected chi connectivity index (χ4v) is 7.95. The van der Waals surface area contributed by atoms with Crippen molar-refractivity contribution in [3.63, 3.8) is 0 Å². The van der Waals surface area contributed by atoms with Crippen molar-refractivity contribution in [2.45, 2.75) is 81.6 Å². The first kappa shape index (κ1) is 33.9. The number of amides is 3. The van der Waals surface area contributed by atoms with Crippen LogP contribution < -0.4 is 10.2 Å². The van der Waals surface area contributed by atoms with E-state index in [-0.39, 0.29) is 48.8 Å². The van der Waals surface area contributed by atoms with Crippen LogP contribution >= 0.6 is 15.9 Å². The molecule has 44 heavy (non-hydrogen) atoms. The number of anilines is 1. The van der Waals surface area contributed by atoms with E-state index in [2.05, 4.69) is 34.4 Å². The summed E-state index contributed by atoms with van der Waals surface area (Å²) >= 11 is 3.69. The molecule has 2 bridgehead atoms. The molecule has 0 radical (unpaired) electrons. The largest absolute Gasteiger partial charge is 0.460 e. The van der Waals surface area contributed by atoms with Crippen LogP contribution in [0.3, 0.4) is 0 Å². The van der Waals surface area contributed by atoms with E-state index in [4.69, 9.17) is 9.47 Å². The number of alkyl halides is 1. The van der Waals surface area contributed by atoms with Gasteiger partial charge in [0.2, 0.25) is 11.8 Å². The van der Waals surface area contributed by atoms with Crippen LogP contribution in [-0.4, -0.2) is 88.6 Å². The maximum Gasteiger partial charge on any atom is 0.312 e. The average Bonchev–Trinajstić information content (AvgIpc) is 3.57. The lowest BCUT2D eigenvalue weighted by Gasteiger charge is -2.37. The summed E-state index contributed by atoms with van der Waals surface area (Å²) in [6.07, 6.45) is 4.17. The Morgan fingerprint density at radius 3 is 2.59 bits per heavy atom. The summed E-state index contributed by atoms with van der Waals surface area (Å²) in [5.74, 6) is -3.22. The van der Waals surface area contributed by atoms with Gasteiger partial charge in [-0.3, -0.25) is 19.2 Å². The molecule has 1 spiro atoms. The summed E-state index contributed by atoms with van der Waals surface area (Å²) < 4.78 is 12.4. The van der Waals surface area contributed by atoms with Crippen LogP contribution in [0, 0.1) is 25.7 Å². The third kappa shape index (κ3) is 6.37. The molecule has 0 aliphatic carbocycles. The molecular weight excluding hydrogens is 630 g/mol. The summed E-state index contributed by atoms with van der Waals surface area (Å²) in [6.45, 7) is 13.6. The number of unbranched alkanes of at least 4 members (excludes halogenated alkanes) is 1. The highest BCUT2D eigenvalue weighted by Crippen LogP contribution is 2.60. The molecular formula is C33H44BrN3O7. The summed E-state index contributed by atoms with van der Waals surface area (Å²) in [7, 11) is 0. The third-order valence-corrected chi connectivity index (χ3v) is 9.71. The quantitative estimate of drug-likeness (QED) is 0.127. The van der Waals surface area contributed by atoms with Crippen molar-refractivity contribution in [2.75, 3.05) is 31.1 Å². The Morgan fingerprint density at radius 2 is 1.95 bits per heavy atom. The molecule has 7 atom stereocenters. The number of para-hydroxylation sites is 1. The number of carbonyl (C=O) groups excluding carboxylic acids is 4. The number of benzene rings is 1. The van der Waals surface area contributed by atoms with Crippen molar-refractivity contribution in [3.05, 3.63) is 54.6 Å². The normalized spacial score (nSPS) is 27.5. The lowest BCUT2D eigenvalue weighted by Crippen LogP contribution is -2.57. The molecule has 0 saturated carbocycles. The number of nitrogens with zero attached hydrogens (tertiary/aromatic N) is 2. The first-order valence-electron chi connectivity index (χ1n) is 15.3. The zero-order chi connectivity index (χ0) is 32.2. The minimum absolute atomic E-state index is 0.0424. The average molecular weight is 675 g/mol. The van der Waals surface area contributed by atoms with Gasteiger partial charge >= 0.3 is 5.97 Å². The molecule has 10 nitrogen and oxygen atoms in total. The first-order valence-corrected chi connectivity index (χ1v) is 16.2. The van der Waals surface area contributed by atoms with E-state index in [1.807, 2.05) is 32.0 Å². The van der Waals surface area contributed by atoms with E-state index in [1.165, 1.54) is 0 Å². The van der Waals surface area contributed by atoms with Gasteiger partial charge in [0.1, 0.15) is 17.7 Å². The molecule has 3 amide bonds. The van der Waals surface area contributed by atoms with Crippen molar-refractivity contribution in [2.24, 2.45) is 11.8 Å². The molecule has 3 saturated heterocycles. The van der Waals surface area contributed by atoms with Crippen LogP contribution in [0.25, 0.3) is 0 Å². The van der Waals surface area contributed by atoms with Gasteiger partial charge in [0.25, 0.3) is 5.91 Å². The van der Waals surface area contributed by atoms with Crippen LogP contribution in [0.4, 0.5) is 5.69 Å². The van der Waals surface area contributed by atoms with Gasteiger partial charge in [0.05, 0.1) is 24.5 Å². The fraction of sp³-hybridized carbons (Fsp3) is 0.576. The van der Waals surface area contributed by atoms with Gasteiger partial charge in [-0.25, -0.2) is 0 Å². The number of allylic oxidation sites excluding steroid dienone is 1.